The SMILES string of the molecule is Cc1ccc(-c2c(N)c(=O)c2=O)cc1. The van der Waals surface area contributed by atoms with Crippen LogP contribution >= 0.6 is 0 Å². The number of hydrogen-bond acceptors (Lipinski definition) is 3. The van der Waals surface area contributed by atoms with E-state index in [9.17, 15) is 9.59 Å². The van der Waals surface area contributed by atoms with Crippen LogP contribution in [-0.2, 0) is 0 Å². The van der Waals surface area contributed by atoms with E-state index in [4.69, 9.17) is 5.73 Å². The smallest absolute Gasteiger partial charge is 0.249 e. The van der Waals surface area contributed by atoms with Crippen molar-refractivity contribution in [3.05, 3.63) is 50.3 Å². The fourth-order valence-electron chi connectivity index (χ4n) is 1.42. The lowest BCUT2D eigenvalue weighted by Crippen LogP contribution is -2.35. The molecular weight excluding hydrogens is 178 g/mol. The Labute approximate surface area is 80.5 Å². The Morgan fingerprint density at radius 2 is 1.57 bits per heavy atom. The molecule has 0 saturated carbocycles. The molecule has 0 amide bonds. The zero-order valence-electron chi connectivity index (χ0n) is 7.70. The quantitative estimate of drug-likeness (QED) is 0.673. The summed E-state index contributed by atoms with van der Waals surface area (Å²) in [5, 5.41) is 0. The van der Waals surface area contributed by atoms with Gasteiger partial charge in [0.15, 0.2) is 0 Å². The van der Waals surface area contributed by atoms with Gasteiger partial charge in [0.2, 0.25) is 10.9 Å². The second kappa shape index (κ2) is 2.80. The molecule has 0 spiro atoms. The van der Waals surface area contributed by atoms with Gasteiger partial charge in [0.1, 0.15) is 0 Å². The van der Waals surface area contributed by atoms with Crippen molar-refractivity contribution in [3.63, 3.8) is 0 Å². The highest BCUT2D eigenvalue weighted by Gasteiger charge is 2.18. The minimum atomic E-state index is -0.569. The van der Waals surface area contributed by atoms with Crippen molar-refractivity contribution < 1.29 is 0 Å². The van der Waals surface area contributed by atoms with Crippen LogP contribution in [0.2, 0.25) is 0 Å². The fraction of sp³-hybridized carbons (Fsp3) is 0.0909. The molecule has 2 aromatic carbocycles. The molecule has 0 aliphatic heterocycles. The van der Waals surface area contributed by atoms with Crippen LogP contribution in [0.25, 0.3) is 11.1 Å². The van der Waals surface area contributed by atoms with Gasteiger partial charge in [-0.1, -0.05) is 29.8 Å². The Morgan fingerprint density at radius 1 is 1.00 bits per heavy atom. The molecule has 3 nitrogen and oxygen atoms in total. The number of aryl methyl sites for hydroxylation is 1. The van der Waals surface area contributed by atoms with Gasteiger partial charge >= 0.3 is 0 Å². The van der Waals surface area contributed by atoms with E-state index in [2.05, 4.69) is 0 Å². The predicted octanol–water partition coefficient (Wildman–Crippen LogP) is 0.840. The summed E-state index contributed by atoms with van der Waals surface area (Å²) in [6.07, 6.45) is 0. The second-order valence-electron chi connectivity index (χ2n) is 3.31. The summed E-state index contributed by atoms with van der Waals surface area (Å²) >= 11 is 0. The first-order valence-electron chi connectivity index (χ1n) is 4.27. The number of nitrogen functional groups attached to an aromatic ring is 1. The van der Waals surface area contributed by atoms with E-state index >= 15 is 0 Å². The molecule has 0 atom stereocenters. The van der Waals surface area contributed by atoms with Crippen LogP contribution in [0.1, 0.15) is 5.56 Å². The molecule has 2 N–H and O–H groups in total. The van der Waals surface area contributed by atoms with Gasteiger partial charge in [-0.2, -0.15) is 0 Å². The van der Waals surface area contributed by atoms with Gasteiger partial charge in [0.25, 0.3) is 0 Å². The maximum atomic E-state index is 11.2. The lowest BCUT2D eigenvalue weighted by atomic mass is 9.98. The lowest BCUT2D eigenvalue weighted by molar-refractivity contribution is 1.40. The zero-order chi connectivity index (χ0) is 10.3. The highest BCUT2D eigenvalue weighted by Crippen LogP contribution is 2.20. The first kappa shape index (κ1) is 8.69. The summed E-state index contributed by atoms with van der Waals surface area (Å²) in [5.74, 6) is 0. The maximum absolute atomic E-state index is 11.2. The first-order chi connectivity index (χ1) is 6.61. The maximum Gasteiger partial charge on any atom is 0.249 e. The minimum absolute atomic E-state index is 0.0823. The van der Waals surface area contributed by atoms with Crippen molar-refractivity contribution in [2.75, 3.05) is 5.73 Å². The molecule has 0 aliphatic carbocycles. The zero-order valence-corrected chi connectivity index (χ0v) is 7.70. The van der Waals surface area contributed by atoms with Crippen molar-refractivity contribution in [1.82, 2.24) is 0 Å². The molecule has 0 unspecified atom stereocenters. The van der Waals surface area contributed by atoms with Crippen LogP contribution in [-0.4, -0.2) is 0 Å². The number of rotatable bonds is 1. The van der Waals surface area contributed by atoms with E-state index in [1.54, 1.807) is 12.1 Å². The Balaban J connectivity index is 2.58. The average molecular weight is 187 g/mol. The molecule has 70 valence electrons. The summed E-state index contributed by atoms with van der Waals surface area (Å²) < 4.78 is 0. The Bertz CT molecular complexity index is 545. The second-order valence-corrected chi connectivity index (χ2v) is 3.31. The van der Waals surface area contributed by atoms with Gasteiger partial charge in [0.05, 0.1) is 11.3 Å². The third-order valence-electron chi connectivity index (χ3n) is 2.29. The number of nitrogens with two attached hydrogens (primary N) is 1. The van der Waals surface area contributed by atoms with E-state index in [-0.39, 0.29) is 5.69 Å². The molecule has 14 heavy (non-hydrogen) atoms. The molecule has 0 aromatic heterocycles. The predicted molar refractivity (Wildman–Crippen MR) is 55.9 cm³/mol. The first-order valence-corrected chi connectivity index (χ1v) is 4.27. The van der Waals surface area contributed by atoms with Gasteiger partial charge in [-0.15, -0.1) is 0 Å². The van der Waals surface area contributed by atoms with Crippen molar-refractivity contribution in [2.45, 2.75) is 6.92 Å². The summed E-state index contributed by atoms with van der Waals surface area (Å²) in [6.45, 7) is 1.95. The van der Waals surface area contributed by atoms with Gasteiger partial charge in [0, 0.05) is 0 Å². The molecule has 3 heteroatoms. The van der Waals surface area contributed by atoms with Crippen LogP contribution in [0.15, 0.2) is 33.9 Å². The Hall–Kier alpha value is -1.90. The van der Waals surface area contributed by atoms with Crippen LogP contribution in [0.5, 0.6) is 0 Å². The molecule has 0 saturated heterocycles. The van der Waals surface area contributed by atoms with Gasteiger partial charge in [-0.25, -0.2) is 0 Å². The summed E-state index contributed by atoms with van der Waals surface area (Å²) in [5.41, 5.74) is 6.65. The largest absolute Gasteiger partial charge is 0.395 e. The summed E-state index contributed by atoms with van der Waals surface area (Å²) in [4.78, 5) is 22.0. The van der Waals surface area contributed by atoms with Crippen LogP contribution in [0.4, 0.5) is 5.69 Å². The van der Waals surface area contributed by atoms with E-state index in [0.29, 0.717) is 5.56 Å². The molecule has 0 aliphatic rings. The standard InChI is InChI=1S/C11H9NO2/c1-6-2-4-7(5-3-6)8-9(12)11(14)10(8)13/h2-5H,12H2,1H3. The number of benzene rings is 1. The molecular formula is C11H9NO2. The van der Waals surface area contributed by atoms with Gasteiger partial charge < -0.3 is 5.73 Å². The number of anilines is 1. The van der Waals surface area contributed by atoms with Gasteiger partial charge in [-0.3, -0.25) is 9.59 Å². The lowest BCUT2D eigenvalue weighted by Gasteiger charge is -2.06. The van der Waals surface area contributed by atoms with Crippen LogP contribution in [0, 0.1) is 6.92 Å². The highest BCUT2D eigenvalue weighted by molar-refractivity contribution is 5.80. The third kappa shape index (κ3) is 1.06. The summed E-state index contributed by atoms with van der Waals surface area (Å²) in [6, 6.07) is 7.35. The average Bonchev–Trinajstić information content (AvgIpc) is 2.21. The van der Waals surface area contributed by atoms with Crippen LogP contribution in [0.3, 0.4) is 0 Å². The molecule has 2 rings (SSSR count). The molecule has 0 radical (unpaired) electrons. The molecule has 2 aromatic rings. The van der Waals surface area contributed by atoms with E-state index in [0.717, 1.165) is 11.1 Å². The molecule has 0 bridgehead atoms. The van der Waals surface area contributed by atoms with E-state index in [1.165, 1.54) is 0 Å². The normalized spacial score (nSPS) is 10.6. The summed E-state index contributed by atoms with van der Waals surface area (Å²) in [7, 11) is 0. The third-order valence-corrected chi connectivity index (χ3v) is 2.29. The van der Waals surface area contributed by atoms with Crippen molar-refractivity contribution in [2.24, 2.45) is 0 Å². The highest BCUT2D eigenvalue weighted by atomic mass is 16.2. The van der Waals surface area contributed by atoms with Crippen molar-refractivity contribution in [1.29, 1.82) is 0 Å². The topological polar surface area (TPSA) is 60.2 Å². The number of hydrogen-bond donors (Lipinski definition) is 1. The Morgan fingerprint density at radius 3 is 2.07 bits per heavy atom. The van der Waals surface area contributed by atoms with E-state index in [1.807, 2.05) is 19.1 Å². The van der Waals surface area contributed by atoms with Crippen molar-refractivity contribution in [3.8, 4) is 11.1 Å². The van der Waals surface area contributed by atoms with Gasteiger partial charge in [-0.05, 0) is 12.5 Å². The van der Waals surface area contributed by atoms with Crippen molar-refractivity contribution >= 4 is 5.69 Å². The van der Waals surface area contributed by atoms with E-state index < -0.39 is 10.9 Å². The molecule has 0 fully saturated rings. The fourth-order valence-corrected chi connectivity index (χ4v) is 1.42. The minimum Gasteiger partial charge on any atom is -0.395 e. The Kier molecular flexibility index (Phi) is 1.74. The van der Waals surface area contributed by atoms with Crippen LogP contribution < -0.4 is 16.6 Å². The molecule has 0 heterocycles. The monoisotopic (exact) mass is 187 g/mol.